The van der Waals surface area contributed by atoms with Gasteiger partial charge in [0.2, 0.25) is 0 Å². The second-order valence-corrected chi connectivity index (χ2v) is 5.09. The van der Waals surface area contributed by atoms with Gasteiger partial charge in [0.1, 0.15) is 11.6 Å². The van der Waals surface area contributed by atoms with Crippen LogP contribution in [0.4, 0.5) is 10.1 Å². The zero-order valence-electron chi connectivity index (χ0n) is 11.0. The molecule has 0 unspecified atom stereocenters. The van der Waals surface area contributed by atoms with Gasteiger partial charge in [-0.05, 0) is 40.2 Å². The van der Waals surface area contributed by atoms with Gasteiger partial charge in [-0.25, -0.2) is 4.39 Å². The van der Waals surface area contributed by atoms with E-state index in [-0.39, 0.29) is 13.2 Å². The van der Waals surface area contributed by atoms with Crippen molar-refractivity contribution in [2.45, 2.75) is 6.61 Å². The Bertz CT molecular complexity index is 649. The first-order valence-electron chi connectivity index (χ1n) is 6.16. The van der Waals surface area contributed by atoms with Crippen LogP contribution in [0.2, 0.25) is 0 Å². The summed E-state index contributed by atoms with van der Waals surface area (Å²) in [6.07, 6.45) is 0. The molecule has 0 bridgehead atoms. The summed E-state index contributed by atoms with van der Waals surface area (Å²) in [7, 11) is 0. The predicted molar refractivity (Wildman–Crippen MR) is 80.6 cm³/mol. The minimum atomic E-state index is -0.429. The van der Waals surface area contributed by atoms with Gasteiger partial charge in [0.25, 0.3) is 5.91 Å². The summed E-state index contributed by atoms with van der Waals surface area (Å²) in [5, 5.41) is 11.8. The highest BCUT2D eigenvalue weighted by Crippen LogP contribution is 2.29. The Hall–Kier alpha value is -1.92. The molecular weight excluding hydrogens is 341 g/mol. The molecule has 2 N–H and O–H groups in total. The Kier molecular flexibility index (Phi) is 5.30. The van der Waals surface area contributed by atoms with Gasteiger partial charge < -0.3 is 15.2 Å². The number of para-hydroxylation sites is 1. The average Bonchev–Trinajstić information content (AvgIpc) is 2.45. The number of anilines is 1. The van der Waals surface area contributed by atoms with E-state index >= 15 is 0 Å². The van der Waals surface area contributed by atoms with E-state index in [9.17, 15) is 14.3 Å². The fourth-order valence-corrected chi connectivity index (χ4v) is 2.26. The second kappa shape index (κ2) is 7.19. The van der Waals surface area contributed by atoms with Crippen LogP contribution >= 0.6 is 15.9 Å². The van der Waals surface area contributed by atoms with Crippen LogP contribution in [0.3, 0.4) is 0 Å². The molecule has 110 valence electrons. The number of halogens is 2. The molecule has 0 aliphatic heterocycles. The first kappa shape index (κ1) is 15.5. The number of nitrogens with one attached hydrogen (secondary N) is 1. The van der Waals surface area contributed by atoms with Crippen molar-refractivity contribution in [3.8, 4) is 5.75 Å². The van der Waals surface area contributed by atoms with Crippen molar-refractivity contribution in [3.05, 3.63) is 58.3 Å². The maximum atomic E-state index is 13.0. The third-order valence-corrected chi connectivity index (χ3v) is 3.30. The number of carbonyl (C=O) groups excluding carboxylic acids is 1. The van der Waals surface area contributed by atoms with E-state index in [1.165, 1.54) is 18.2 Å². The molecule has 1 amide bonds. The summed E-state index contributed by atoms with van der Waals surface area (Å²) in [6, 6.07) is 10.8. The van der Waals surface area contributed by atoms with Crippen LogP contribution in [0.1, 0.15) is 5.56 Å². The van der Waals surface area contributed by atoms with Crippen molar-refractivity contribution in [3.63, 3.8) is 0 Å². The van der Waals surface area contributed by atoms with Crippen LogP contribution in [-0.2, 0) is 11.4 Å². The molecular formula is C15H13BrFNO3. The van der Waals surface area contributed by atoms with E-state index < -0.39 is 11.7 Å². The van der Waals surface area contributed by atoms with E-state index in [0.29, 0.717) is 21.5 Å². The highest BCUT2D eigenvalue weighted by Gasteiger charge is 2.10. The van der Waals surface area contributed by atoms with Gasteiger partial charge in [-0.1, -0.05) is 18.2 Å². The molecule has 0 aliphatic carbocycles. The fraction of sp³-hybridized carbons (Fsp3) is 0.133. The number of aliphatic hydroxyl groups excluding tert-OH is 1. The summed E-state index contributed by atoms with van der Waals surface area (Å²) in [6.45, 7) is -0.438. The first-order valence-corrected chi connectivity index (χ1v) is 6.96. The molecule has 2 rings (SSSR count). The number of aliphatic hydroxyl groups is 1. The van der Waals surface area contributed by atoms with Crippen LogP contribution in [0.25, 0.3) is 0 Å². The van der Waals surface area contributed by atoms with E-state index in [2.05, 4.69) is 21.2 Å². The Balaban J connectivity index is 1.99. The van der Waals surface area contributed by atoms with E-state index in [1.807, 2.05) is 0 Å². The molecule has 0 heterocycles. The van der Waals surface area contributed by atoms with Crippen molar-refractivity contribution in [2.75, 3.05) is 11.9 Å². The Morgan fingerprint density at radius 1 is 1.29 bits per heavy atom. The maximum Gasteiger partial charge on any atom is 0.262 e. The van der Waals surface area contributed by atoms with Crippen LogP contribution < -0.4 is 10.1 Å². The smallest absolute Gasteiger partial charge is 0.262 e. The summed E-state index contributed by atoms with van der Waals surface area (Å²) in [4.78, 5) is 11.8. The molecule has 6 heteroatoms. The summed E-state index contributed by atoms with van der Waals surface area (Å²) in [5.41, 5.74) is 0.932. The molecule has 0 spiro atoms. The Morgan fingerprint density at radius 2 is 2.05 bits per heavy atom. The Labute approximate surface area is 129 Å². The van der Waals surface area contributed by atoms with Crippen molar-refractivity contribution >= 4 is 27.5 Å². The minimum absolute atomic E-state index is 0.194. The van der Waals surface area contributed by atoms with Gasteiger partial charge in [-0.2, -0.15) is 0 Å². The molecule has 0 atom stereocenters. The van der Waals surface area contributed by atoms with Gasteiger partial charge in [-0.15, -0.1) is 0 Å². The van der Waals surface area contributed by atoms with Crippen molar-refractivity contribution in [1.82, 2.24) is 0 Å². The molecule has 2 aromatic carbocycles. The maximum absolute atomic E-state index is 13.0. The number of benzene rings is 2. The number of ether oxygens (including phenoxy) is 1. The number of rotatable bonds is 5. The first-order chi connectivity index (χ1) is 10.1. The molecule has 2 aromatic rings. The average molecular weight is 354 g/mol. The van der Waals surface area contributed by atoms with Gasteiger partial charge in [0, 0.05) is 11.3 Å². The third kappa shape index (κ3) is 4.27. The quantitative estimate of drug-likeness (QED) is 0.868. The molecule has 0 radical (unpaired) electrons. The molecule has 21 heavy (non-hydrogen) atoms. The number of hydrogen-bond donors (Lipinski definition) is 2. The monoisotopic (exact) mass is 353 g/mol. The standard InChI is InChI=1S/C15H13BrFNO3/c16-13-6-1-3-10(8-19)15(13)21-9-14(20)18-12-5-2-4-11(17)7-12/h1-7,19H,8-9H2,(H,18,20). The highest BCUT2D eigenvalue weighted by atomic mass is 79.9. The predicted octanol–water partition coefficient (Wildman–Crippen LogP) is 3.10. The van der Waals surface area contributed by atoms with Gasteiger partial charge in [-0.3, -0.25) is 4.79 Å². The molecule has 0 fully saturated rings. The number of hydrogen-bond acceptors (Lipinski definition) is 3. The van der Waals surface area contributed by atoms with Gasteiger partial charge in [0.15, 0.2) is 6.61 Å². The fourth-order valence-electron chi connectivity index (χ4n) is 1.74. The van der Waals surface area contributed by atoms with Crippen LogP contribution in [0.5, 0.6) is 5.75 Å². The van der Waals surface area contributed by atoms with Crippen LogP contribution in [0.15, 0.2) is 46.9 Å². The van der Waals surface area contributed by atoms with Crippen LogP contribution in [-0.4, -0.2) is 17.6 Å². The van der Waals surface area contributed by atoms with Gasteiger partial charge >= 0.3 is 0 Å². The van der Waals surface area contributed by atoms with Crippen LogP contribution in [0, 0.1) is 5.82 Å². The normalized spacial score (nSPS) is 10.2. The Morgan fingerprint density at radius 3 is 2.76 bits per heavy atom. The highest BCUT2D eigenvalue weighted by molar-refractivity contribution is 9.10. The SMILES string of the molecule is O=C(COc1c(Br)cccc1CO)Nc1cccc(F)c1. The molecule has 0 saturated carbocycles. The topological polar surface area (TPSA) is 58.6 Å². The minimum Gasteiger partial charge on any atom is -0.482 e. The molecule has 0 aliphatic rings. The second-order valence-electron chi connectivity index (χ2n) is 4.23. The third-order valence-electron chi connectivity index (χ3n) is 2.67. The largest absolute Gasteiger partial charge is 0.482 e. The lowest BCUT2D eigenvalue weighted by Gasteiger charge is -2.12. The zero-order valence-corrected chi connectivity index (χ0v) is 12.6. The number of amides is 1. The lowest BCUT2D eigenvalue weighted by molar-refractivity contribution is -0.118. The molecule has 0 saturated heterocycles. The van der Waals surface area contributed by atoms with E-state index in [0.717, 1.165) is 0 Å². The summed E-state index contributed by atoms with van der Waals surface area (Å²) >= 11 is 3.30. The zero-order chi connectivity index (χ0) is 15.2. The van der Waals surface area contributed by atoms with Crippen molar-refractivity contribution in [2.24, 2.45) is 0 Å². The molecule has 0 aromatic heterocycles. The molecule has 4 nitrogen and oxygen atoms in total. The summed E-state index contributed by atoms with van der Waals surface area (Å²) < 4.78 is 19.1. The van der Waals surface area contributed by atoms with Crippen molar-refractivity contribution < 1.29 is 19.0 Å². The van der Waals surface area contributed by atoms with E-state index in [1.54, 1.807) is 24.3 Å². The van der Waals surface area contributed by atoms with E-state index in [4.69, 9.17) is 4.74 Å². The van der Waals surface area contributed by atoms with Crippen molar-refractivity contribution in [1.29, 1.82) is 0 Å². The lowest BCUT2D eigenvalue weighted by atomic mass is 10.2. The van der Waals surface area contributed by atoms with Gasteiger partial charge in [0.05, 0.1) is 11.1 Å². The lowest BCUT2D eigenvalue weighted by Crippen LogP contribution is -2.20. The number of carbonyl (C=O) groups is 1. The summed E-state index contributed by atoms with van der Waals surface area (Å²) in [5.74, 6) is -0.434.